The van der Waals surface area contributed by atoms with Gasteiger partial charge in [-0.2, -0.15) is 0 Å². The van der Waals surface area contributed by atoms with E-state index in [1.807, 2.05) is 94.8 Å². The molecule has 6 N–H and O–H groups in total. The highest BCUT2D eigenvalue weighted by Crippen LogP contribution is 2.58. The van der Waals surface area contributed by atoms with Crippen molar-refractivity contribution >= 4 is 103 Å². The Morgan fingerprint density at radius 1 is 0.487 bits per heavy atom. The van der Waals surface area contributed by atoms with Gasteiger partial charge in [-0.15, -0.1) is 12.4 Å². The van der Waals surface area contributed by atoms with Gasteiger partial charge in [0.2, 0.25) is 35.4 Å². The van der Waals surface area contributed by atoms with Crippen LogP contribution < -0.4 is 27.0 Å². The largest absolute Gasteiger partial charge is 0.444 e. The molecule has 6 aliphatic carbocycles. The number of nitrogens with one attached hydrogen (secondary N) is 4. The molecule has 3 saturated heterocycles. The van der Waals surface area contributed by atoms with Crippen LogP contribution >= 0.6 is 12.4 Å². The lowest BCUT2D eigenvalue weighted by Crippen LogP contribution is -2.54. The van der Waals surface area contributed by atoms with Crippen molar-refractivity contribution in [3.05, 3.63) is 105 Å². The van der Waals surface area contributed by atoms with Gasteiger partial charge in [0, 0.05) is 51.5 Å². The average Bonchev–Trinajstić information content (AvgIpc) is 1.39. The monoisotopic (exact) mass is 1610 g/mol. The predicted octanol–water partition coefficient (Wildman–Crippen LogP) is 11.4. The Bertz CT molecular complexity index is 4240. The van der Waals surface area contributed by atoms with E-state index in [1.165, 1.54) is 76.3 Å². The molecule has 1 radical (unpaired) electrons. The molecule has 623 valence electrons. The highest BCUT2D eigenvalue weighted by molar-refractivity contribution is 6.31. The molecule has 3 atom stereocenters. The Labute approximate surface area is 680 Å². The molecular formula is C86H116BClFN10O16. The summed E-state index contributed by atoms with van der Waals surface area (Å²) in [7, 11) is 7.77. The Morgan fingerprint density at radius 2 is 0.791 bits per heavy atom. The maximum Gasteiger partial charge on any atom is 0.410 e. The van der Waals surface area contributed by atoms with E-state index >= 15 is 0 Å². The first-order chi connectivity index (χ1) is 53.9. The summed E-state index contributed by atoms with van der Waals surface area (Å²) in [5.74, 6) is -5.12. The maximum atomic E-state index is 13.7. The third-order valence-corrected chi connectivity index (χ3v) is 25.8. The zero-order valence-electron chi connectivity index (χ0n) is 68.6. The van der Waals surface area contributed by atoms with Crippen LogP contribution in [0.2, 0.25) is 13.6 Å². The SMILES string of the molecule is CN(C(=O)OC(C)(C)C)C1CCC2(CC1)CC(CCc1cccc3c1C(=O)N(C1CCC(=O)NC1=O)C3=O)C2.CN(C(=O)OC(C)(C)C)C1CCC2(CC1)CC(CN)C2.CNC1CCC2(CC1)CC(CCc1cccc3c1C(=O)N(C1CCC(=O)NC1=O)C3=O)C2.C[B]C.Cl.O=C1CCC(N2C(=O)c3cccc(F)c3C2=O)C(=O)N1. The fraction of sp³-hybridized carbons (Fsp3) is 0.628. The van der Waals surface area contributed by atoms with Crippen LogP contribution in [0, 0.1) is 39.8 Å². The van der Waals surface area contributed by atoms with Gasteiger partial charge in [-0.3, -0.25) is 88.2 Å². The number of halogens is 2. The summed E-state index contributed by atoms with van der Waals surface area (Å²) in [5.41, 5.74) is 9.22. The van der Waals surface area contributed by atoms with Gasteiger partial charge in [0.05, 0.1) is 33.4 Å². The van der Waals surface area contributed by atoms with E-state index in [0.717, 1.165) is 115 Å². The van der Waals surface area contributed by atoms with E-state index in [1.54, 1.807) is 28.0 Å². The Kier molecular flexibility index (Phi) is 28.0. The molecule has 14 amide bonds. The topological polar surface area (TPSA) is 348 Å². The number of hydrogen-bond acceptors (Lipinski definition) is 18. The van der Waals surface area contributed by atoms with Crippen molar-refractivity contribution in [1.82, 2.24) is 45.8 Å². The highest BCUT2D eigenvalue weighted by atomic mass is 35.5. The minimum absolute atomic E-state index is 0. The number of nitrogens with zero attached hydrogens (tertiary/aromatic N) is 5. The van der Waals surface area contributed by atoms with Gasteiger partial charge in [-0.25, -0.2) is 14.0 Å². The first kappa shape index (κ1) is 88.6. The number of carbonyl (C=O) groups is 14. The number of imide groups is 6. The molecule has 3 spiro atoms. The van der Waals surface area contributed by atoms with Gasteiger partial charge < -0.3 is 30.3 Å². The number of rotatable bonds is 13. The van der Waals surface area contributed by atoms with Crippen LogP contribution in [0.25, 0.3) is 0 Å². The molecule has 6 aliphatic heterocycles. The summed E-state index contributed by atoms with van der Waals surface area (Å²) in [4.78, 5) is 178. The third-order valence-electron chi connectivity index (χ3n) is 25.8. The summed E-state index contributed by atoms with van der Waals surface area (Å²) in [6.45, 7) is 16.2. The molecule has 115 heavy (non-hydrogen) atoms. The molecular weight excluding hydrogens is 1490 g/mol. The lowest BCUT2D eigenvalue weighted by Gasteiger charge is -2.52. The zero-order chi connectivity index (χ0) is 82.7. The van der Waals surface area contributed by atoms with Crippen LogP contribution in [0.15, 0.2) is 54.6 Å². The normalized spacial score (nSPS) is 28.5. The number of benzene rings is 3. The second-order valence-corrected chi connectivity index (χ2v) is 36.1. The van der Waals surface area contributed by atoms with Crippen molar-refractivity contribution < 1.29 is 81.0 Å². The van der Waals surface area contributed by atoms with Gasteiger partial charge in [-0.1, -0.05) is 44.0 Å². The minimum atomic E-state index is -1.07. The Morgan fingerprint density at radius 3 is 1.10 bits per heavy atom. The molecule has 6 saturated carbocycles. The van der Waals surface area contributed by atoms with Gasteiger partial charge in [0.1, 0.15) is 42.4 Å². The van der Waals surface area contributed by atoms with Crippen molar-refractivity contribution in [2.45, 2.75) is 282 Å². The summed E-state index contributed by atoms with van der Waals surface area (Å²) < 4.78 is 24.6. The van der Waals surface area contributed by atoms with E-state index in [9.17, 15) is 71.5 Å². The first-order valence-corrected chi connectivity index (χ1v) is 41.1. The maximum absolute atomic E-state index is 13.7. The van der Waals surface area contributed by atoms with Crippen molar-refractivity contribution in [1.29, 1.82) is 0 Å². The van der Waals surface area contributed by atoms with E-state index < -0.39 is 94.2 Å². The van der Waals surface area contributed by atoms with Gasteiger partial charge >= 0.3 is 12.2 Å². The van der Waals surface area contributed by atoms with E-state index in [2.05, 4.69) is 28.3 Å². The molecule has 0 aromatic heterocycles. The molecule has 3 unspecified atom stereocenters. The van der Waals surface area contributed by atoms with Crippen LogP contribution in [0.4, 0.5) is 14.0 Å². The number of carbonyl (C=O) groups excluding carboxylic acids is 14. The molecule has 3 aromatic rings. The quantitative estimate of drug-likeness (QED) is 0.0784. The van der Waals surface area contributed by atoms with Gasteiger partial charge in [0.15, 0.2) is 0 Å². The number of nitrogens with two attached hydrogens (primary N) is 1. The van der Waals surface area contributed by atoms with Crippen molar-refractivity contribution in [2.24, 2.45) is 39.7 Å². The fourth-order valence-electron chi connectivity index (χ4n) is 19.8. The van der Waals surface area contributed by atoms with E-state index in [0.29, 0.717) is 68.8 Å². The second-order valence-electron chi connectivity index (χ2n) is 36.1. The van der Waals surface area contributed by atoms with Crippen molar-refractivity contribution in [3.8, 4) is 0 Å². The van der Waals surface area contributed by atoms with Crippen molar-refractivity contribution in [2.75, 3.05) is 27.7 Å². The summed E-state index contributed by atoms with van der Waals surface area (Å²) in [5, 5.41) is 9.97. The number of ether oxygens (including phenoxy) is 2. The minimum Gasteiger partial charge on any atom is -0.444 e. The van der Waals surface area contributed by atoms with Gasteiger partial charge in [0.25, 0.3) is 35.4 Å². The van der Waals surface area contributed by atoms with Crippen LogP contribution in [0.5, 0.6) is 0 Å². The molecule has 3 aromatic carbocycles. The lowest BCUT2D eigenvalue weighted by atomic mass is 9.54. The van der Waals surface area contributed by atoms with Crippen LogP contribution in [0.3, 0.4) is 0 Å². The Balaban J connectivity index is 0.000000166. The summed E-state index contributed by atoms with van der Waals surface area (Å²) >= 11 is 0. The number of hydrogen-bond donors (Lipinski definition) is 5. The highest BCUT2D eigenvalue weighted by Gasteiger charge is 2.53. The van der Waals surface area contributed by atoms with Crippen molar-refractivity contribution in [3.63, 3.8) is 0 Å². The fourth-order valence-corrected chi connectivity index (χ4v) is 19.8. The molecule has 12 aliphatic rings. The van der Waals surface area contributed by atoms with Crippen LogP contribution in [0.1, 0.15) is 282 Å². The standard InChI is InChI=1S/C30H39N3O6.C25H31N3O4.C16H30N2O2.C13H9FN2O4.C2H6B.ClH/c1-29(2,3)39-28(38)32(4)20-12-14-30(15-13-20)16-18(17-30)8-9-19-6-5-7-21-24(19)27(37)33(26(21)36)22-10-11-23(34)31-25(22)35;1-26-17-9-11-25(12-10-17)13-15(14-25)5-6-16-3-2-4-18-21(16)24(32)28(23(18)31)19-7-8-20(29)27-22(19)30;1-15(2,3)20-14(19)18(4)13-5-7-16(8-6-13)9-12(10-16)11-17;14-7-3-1-2-6-10(7)13(20)16(12(6)19)8-4-5-9(17)15-11(8)18;1-3-2;/h5-7,18,20,22H,8-17H2,1-4H3,(H,31,34,35);2-4,15,17,19,26H,5-14H2,1H3,(H,27,29,30);12-13H,5-11,17H2,1-4H3;1-3,8H,4-5H2,(H,15,17,18);1-2H3;1H. The Hall–Kier alpha value is -8.76. The predicted molar refractivity (Wildman–Crippen MR) is 429 cm³/mol. The molecule has 9 fully saturated rings. The zero-order valence-corrected chi connectivity index (χ0v) is 69.4. The third kappa shape index (κ3) is 19.8. The number of piperidine rings is 3. The van der Waals surface area contributed by atoms with E-state index in [4.69, 9.17) is 15.2 Å². The number of amides is 14. The van der Waals surface area contributed by atoms with E-state index in [-0.39, 0.29) is 92.1 Å². The molecule has 15 rings (SSSR count). The first-order valence-electron chi connectivity index (χ1n) is 41.1. The second kappa shape index (κ2) is 36.4. The van der Waals surface area contributed by atoms with Crippen LogP contribution in [-0.2, 0) is 51.1 Å². The molecule has 29 heteroatoms. The summed E-state index contributed by atoms with van der Waals surface area (Å²) in [6.07, 6.45) is 25.1. The van der Waals surface area contributed by atoms with Gasteiger partial charge in [-0.05, 0) is 285 Å². The molecule has 26 nitrogen and oxygen atoms in total. The number of fused-ring (bicyclic) bond motifs is 3. The molecule has 0 bridgehead atoms. The van der Waals surface area contributed by atoms with Crippen LogP contribution in [-0.4, -0.2) is 190 Å². The average molecular weight is 1610 g/mol. The summed E-state index contributed by atoms with van der Waals surface area (Å²) in [6, 6.07) is 12.8. The lowest BCUT2D eigenvalue weighted by molar-refractivity contribution is -0.137. The number of aryl methyl sites for hydroxylation is 2. The molecule has 6 heterocycles. The smallest absolute Gasteiger partial charge is 0.410 e.